The van der Waals surface area contributed by atoms with E-state index < -0.39 is 11.9 Å². The molecule has 0 unspecified atom stereocenters. The van der Waals surface area contributed by atoms with Crippen LogP contribution in [0.5, 0.6) is 0 Å². The van der Waals surface area contributed by atoms with E-state index in [1.807, 2.05) is 0 Å². The summed E-state index contributed by atoms with van der Waals surface area (Å²) in [5.74, 6) is -1.32. The Balaban J connectivity index is 5.36. The largest absolute Gasteiger partial charge is 0.464 e. The third-order valence-corrected chi connectivity index (χ3v) is 2.09. The molecule has 0 aromatic carbocycles. The first-order valence-electron chi connectivity index (χ1n) is 5.85. The van der Waals surface area contributed by atoms with Crippen molar-refractivity contribution in [2.24, 2.45) is 0 Å². The molecule has 7 heteroatoms. The third kappa shape index (κ3) is 5.44. The summed E-state index contributed by atoms with van der Waals surface area (Å²) in [4.78, 5) is 26.2. The van der Waals surface area contributed by atoms with Gasteiger partial charge in [-0.2, -0.15) is 5.26 Å². The van der Waals surface area contributed by atoms with Gasteiger partial charge in [0.25, 0.3) is 0 Å². The molecule has 0 bridgehead atoms. The summed E-state index contributed by atoms with van der Waals surface area (Å²) < 4.78 is 9.39. The smallest absolute Gasteiger partial charge is 0.356 e. The average Bonchev–Trinajstić information content (AvgIpc) is 2.40. The van der Waals surface area contributed by atoms with E-state index in [1.54, 1.807) is 32.0 Å². The zero-order valence-electron chi connectivity index (χ0n) is 12.3. The molecule has 110 valence electrons. The predicted molar refractivity (Wildman–Crippen MR) is 71.9 cm³/mol. The van der Waals surface area contributed by atoms with Crippen molar-refractivity contribution in [1.82, 2.24) is 9.80 Å². The zero-order valence-corrected chi connectivity index (χ0v) is 12.3. The average molecular weight is 281 g/mol. The molecule has 0 rings (SSSR count). The van der Waals surface area contributed by atoms with Gasteiger partial charge in [0.1, 0.15) is 11.8 Å². The number of carbonyl (C=O) groups excluding carboxylic acids is 2. The van der Waals surface area contributed by atoms with Crippen molar-refractivity contribution in [3.8, 4) is 6.07 Å². The van der Waals surface area contributed by atoms with Gasteiger partial charge in [-0.1, -0.05) is 0 Å². The van der Waals surface area contributed by atoms with Gasteiger partial charge in [-0.25, -0.2) is 9.59 Å². The number of nitriles is 1. The van der Waals surface area contributed by atoms with Crippen molar-refractivity contribution in [2.45, 2.75) is 6.92 Å². The topological polar surface area (TPSA) is 82.9 Å². The second kappa shape index (κ2) is 8.58. The van der Waals surface area contributed by atoms with Gasteiger partial charge >= 0.3 is 11.9 Å². The Morgan fingerprint density at radius 2 is 1.80 bits per heavy atom. The third-order valence-electron chi connectivity index (χ3n) is 2.09. The number of nitrogens with zero attached hydrogens (tertiary/aromatic N) is 3. The number of ether oxygens (including phenoxy) is 2. The quantitative estimate of drug-likeness (QED) is 0.397. The summed E-state index contributed by atoms with van der Waals surface area (Å²) in [6, 6.07) is 1.73. The highest BCUT2D eigenvalue weighted by Gasteiger charge is 2.17. The molecule has 0 radical (unpaired) electrons. The normalized spacial score (nSPS) is 11.4. The first kappa shape index (κ1) is 17.5. The fourth-order valence-electron chi connectivity index (χ4n) is 1.24. The lowest BCUT2D eigenvalue weighted by atomic mass is 10.3. The van der Waals surface area contributed by atoms with Gasteiger partial charge in [0, 0.05) is 33.5 Å². The molecule has 0 aliphatic rings. The fraction of sp³-hybridized carbons (Fsp3) is 0.462. The van der Waals surface area contributed by atoms with Crippen molar-refractivity contribution in [1.29, 1.82) is 5.26 Å². The molecular weight excluding hydrogens is 262 g/mol. The minimum atomic E-state index is -0.740. The summed E-state index contributed by atoms with van der Waals surface area (Å²) >= 11 is 0. The van der Waals surface area contributed by atoms with Crippen LogP contribution < -0.4 is 0 Å². The van der Waals surface area contributed by atoms with Crippen molar-refractivity contribution in [3.05, 3.63) is 23.7 Å². The van der Waals surface area contributed by atoms with Gasteiger partial charge in [0.2, 0.25) is 0 Å². The molecule has 0 N–H and O–H groups in total. The van der Waals surface area contributed by atoms with Gasteiger partial charge in [-0.05, 0) is 6.92 Å². The standard InChI is InChI=1S/C13H19N3O4/c1-6-20-12(17)10(7-14)8-16(4)11(9-15(2)3)13(18)19-5/h8-9H,6H2,1-5H3/b10-8+,11-9+. The van der Waals surface area contributed by atoms with E-state index in [0.717, 1.165) is 0 Å². The van der Waals surface area contributed by atoms with Crippen LogP contribution in [0.4, 0.5) is 0 Å². The van der Waals surface area contributed by atoms with Crippen molar-refractivity contribution in [2.75, 3.05) is 34.9 Å². The number of likely N-dealkylation sites (N-methyl/N-ethyl adjacent to an activating group) is 1. The van der Waals surface area contributed by atoms with Gasteiger partial charge in [-0.15, -0.1) is 0 Å². The van der Waals surface area contributed by atoms with Gasteiger partial charge < -0.3 is 19.3 Å². The SMILES string of the molecule is CCOC(=O)/C(C#N)=C/N(C)/C(=C/N(C)C)C(=O)OC. The second-order valence-corrected chi connectivity index (χ2v) is 3.96. The van der Waals surface area contributed by atoms with Gasteiger partial charge in [0.05, 0.1) is 13.7 Å². The molecule has 0 atom stereocenters. The summed E-state index contributed by atoms with van der Waals surface area (Å²) in [6.45, 7) is 1.81. The van der Waals surface area contributed by atoms with Gasteiger partial charge in [-0.3, -0.25) is 0 Å². The molecule has 0 aromatic heterocycles. The lowest BCUT2D eigenvalue weighted by molar-refractivity contribution is -0.139. The Kier molecular flexibility index (Phi) is 7.52. The fourth-order valence-corrected chi connectivity index (χ4v) is 1.24. The molecule has 0 fully saturated rings. The van der Waals surface area contributed by atoms with E-state index in [1.165, 1.54) is 31.5 Å². The number of esters is 2. The molecule has 0 saturated carbocycles. The molecule has 0 saturated heterocycles. The van der Waals surface area contributed by atoms with Crippen LogP contribution in [0.3, 0.4) is 0 Å². The first-order valence-corrected chi connectivity index (χ1v) is 5.85. The minimum absolute atomic E-state index is 0.166. The molecule has 0 aromatic rings. The molecular formula is C13H19N3O4. The molecule has 0 amide bonds. The minimum Gasteiger partial charge on any atom is -0.464 e. The number of hydrogen-bond donors (Lipinski definition) is 0. The lowest BCUT2D eigenvalue weighted by Gasteiger charge is -2.18. The predicted octanol–water partition coefficient (Wildman–Crippen LogP) is 0.465. The molecule has 20 heavy (non-hydrogen) atoms. The molecule has 0 heterocycles. The van der Waals surface area contributed by atoms with E-state index in [0.29, 0.717) is 0 Å². The number of rotatable bonds is 6. The van der Waals surface area contributed by atoms with Crippen molar-refractivity contribution >= 4 is 11.9 Å². The van der Waals surface area contributed by atoms with E-state index in [-0.39, 0.29) is 17.9 Å². The summed E-state index contributed by atoms with van der Waals surface area (Å²) in [5.41, 5.74) is -0.0301. The maximum absolute atomic E-state index is 11.7. The van der Waals surface area contributed by atoms with Crippen LogP contribution in [-0.4, -0.2) is 56.6 Å². The molecule has 7 nitrogen and oxygen atoms in total. The van der Waals surface area contributed by atoms with E-state index in [9.17, 15) is 9.59 Å². The van der Waals surface area contributed by atoms with Gasteiger partial charge in [0.15, 0.2) is 5.57 Å². The maximum atomic E-state index is 11.7. The highest BCUT2D eigenvalue weighted by molar-refractivity contribution is 5.93. The Hall–Kier alpha value is -2.49. The number of hydrogen-bond acceptors (Lipinski definition) is 7. The molecule has 0 aliphatic heterocycles. The zero-order chi connectivity index (χ0) is 15.7. The molecule has 0 aliphatic carbocycles. The monoisotopic (exact) mass is 281 g/mol. The summed E-state index contributed by atoms with van der Waals surface area (Å²) in [7, 11) is 6.25. The van der Waals surface area contributed by atoms with Crippen LogP contribution in [-0.2, 0) is 19.1 Å². The van der Waals surface area contributed by atoms with Crippen LogP contribution in [0.15, 0.2) is 23.7 Å². The van der Waals surface area contributed by atoms with Crippen molar-refractivity contribution < 1.29 is 19.1 Å². The Bertz CT molecular complexity index is 461. The number of methoxy groups -OCH3 is 1. The Morgan fingerprint density at radius 3 is 2.20 bits per heavy atom. The highest BCUT2D eigenvalue weighted by atomic mass is 16.5. The lowest BCUT2D eigenvalue weighted by Crippen LogP contribution is -2.23. The highest BCUT2D eigenvalue weighted by Crippen LogP contribution is 2.09. The Labute approximate surface area is 118 Å². The van der Waals surface area contributed by atoms with Crippen molar-refractivity contribution in [3.63, 3.8) is 0 Å². The number of carbonyl (C=O) groups is 2. The van der Waals surface area contributed by atoms with E-state index in [4.69, 9.17) is 10.00 Å². The van der Waals surface area contributed by atoms with E-state index >= 15 is 0 Å². The van der Waals surface area contributed by atoms with E-state index in [2.05, 4.69) is 4.74 Å². The van der Waals surface area contributed by atoms with Crippen LogP contribution in [0.1, 0.15) is 6.92 Å². The summed E-state index contributed by atoms with van der Waals surface area (Å²) in [6.07, 6.45) is 2.74. The first-order chi connectivity index (χ1) is 9.37. The molecule has 0 spiro atoms. The van der Waals surface area contributed by atoms with Crippen LogP contribution in [0.2, 0.25) is 0 Å². The second-order valence-electron chi connectivity index (χ2n) is 3.96. The van der Waals surface area contributed by atoms with Crippen LogP contribution in [0, 0.1) is 11.3 Å². The maximum Gasteiger partial charge on any atom is 0.356 e. The van der Waals surface area contributed by atoms with Crippen LogP contribution >= 0.6 is 0 Å². The Morgan fingerprint density at radius 1 is 1.20 bits per heavy atom. The summed E-state index contributed by atoms with van der Waals surface area (Å²) in [5, 5.41) is 8.94. The van der Waals surface area contributed by atoms with Crippen LogP contribution in [0.25, 0.3) is 0 Å².